The minimum Gasteiger partial charge on any atom is -0.331 e. The van der Waals surface area contributed by atoms with Gasteiger partial charge in [0.25, 0.3) is 0 Å². The summed E-state index contributed by atoms with van der Waals surface area (Å²) in [6.45, 7) is 3.91. The topological polar surface area (TPSA) is 36.4 Å². The van der Waals surface area contributed by atoms with Crippen LogP contribution in [-0.2, 0) is 17.8 Å². The molecule has 2 aromatic rings. The van der Waals surface area contributed by atoms with E-state index in [1.165, 1.54) is 12.0 Å². The van der Waals surface area contributed by atoms with E-state index in [1.807, 2.05) is 12.3 Å². The van der Waals surface area contributed by atoms with Gasteiger partial charge in [-0.05, 0) is 49.4 Å². The molecule has 1 aromatic carbocycles. The number of carbonyl (C=O) groups excluding carboxylic acids is 1. The van der Waals surface area contributed by atoms with Crippen LogP contribution in [-0.4, -0.2) is 45.9 Å². The summed E-state index contributed by atoms with van der Waals surface area (Å²) < 4.78 is 0. The lowest BCUT2D eigenvalue weighted by atomic mass is 9.86. The van der Waals surface area contributed by atoms with Crippen molar-refractivity contribution in [3.8, 4) is 0 Å². The Bertz CT molecular complexity index is 734. The van der Waals surface area contributed by atoms with E-state index in [9.17, 15) is 4.79 Å². The Balaban J connectivity index is 1.44. The molecule has 1 spiro atoms. The Hall–Kier alpha value is -2.20. The van der Waals surface area contributed by atoms with Gasteiger partial charge >= 0.3 is 0 Å². The first-order valence-electron chi connectivity index (χ1n) is 9.71. The van der Waals surface area contributed by atoms with Crippen molar-refractivity contribution in [2.75, 3.05) is 19.6 Å². The molecule has 2 aliphatic heterocycles. The predicted octanol–water partition coefficient (Wildman–Crippen LogP) is 3.28. The first-order chi connectivity index (χ1) is 12.8. The average Bonchev–Trinajstić information content (AvgIpc) is 2.97. The van der Waals surface area contributed by atoms with Crippen molar-refractivity contribution in [3.63, 3.8) is 0 Å². The van der Waals surface area contributed by atoms with Crippen molar-refractivity contribution in [1.29, 1.82) is 0 Å². The highest BCUT2D eigenvalue weighted by Crippen LogP contribution is 2.38. The molecular weight excluding hydrogens is 322 g/mol. The number of aromatic nitrogens is 1. The molecule has 2 aliphatic rings. The highest BCUT2D eigenvalue weighted by molar-refractivity contribution is 5.79. The maximum atomic E-state index is 12.6. The maximum Gasteiger partial charge on any atom is 0.223 e. The standard InChI is InChI=1S/C22H27N3O/c26-21-9-12-22(25(21)17-20-8-4-13-23-16-20)11-5-14-24(18-22)15-10-19-6-2-1-3-7-19/h1-4,6-8,13,16H,5,9-12,14-15,17-18H2. The smallest absolute Gasteiger partial charge is 0.223 e. The Morgan fingerprint density at radius 3 is 2.69 bits per heavy atom. The number of piperidine rings is 1. The Kier molecular flexibility index (Phi) is 5.02. The summed E-state index contributed by atoms with van der Waals surface area (Å²) in [6.07, 6.45) is 8.73. The zero-order valence-corrected chi connectivity index (χ0v) is 15.3. The Morgan fingerprint density at radius 2 is 1.88 bits per heavy atom. The van der Waals surface area contributed by atoms with Crippen LogP contribution in [0.2, 0.25) is 0 Å². The molecule has 2 fully saturated rings. The first kappa shape index (κ1) is 17.2. The molecule has 1 unspecified atom stereocenters. The molecule has 2 saturated heterocycles. The normalized spacial score (nSPS) is 23.7. The monoisotopic (exact) mass is 349 g/mol. The lowest BCUT2D eigenvalue weighted by Gasteiger charge is -2.46. The van der Waals surface area contributed by atoms with E-state index in [2.05, 4.69) is 51.2 Å². The van der Waals surface area contributed by atoms with E-state index < -0.39 is 0 Å². The van der Waals surface area contributed by atoms with Crippen molar-refractivity contribution < 1.29 is 4.79 Å². The van der Waals surface area contributed by atoms with E-state index in [-0.39, 0.29) is 5.54 Å². The van der Waals surface area contributed by atoms with Crippen LogP contribution in [0.5, 0.6) is 0 Å². The number of likely N-dealkylation sites (tertiary alicyclic amines) is 2. The number of carbonyl (C=O) groups is 1. The van der Waals surface area contributed by atoms with Crippen LogP contribution in [0.3, 0.4) is 0 Å². The third-order valence-corrected chi connectivity index (χ3v) is 5.94. The van der Waals surface area contributed by atoms with Crippen molar-refractivity contribution in [2.24, 2.45) is 0 Å². The molecule has 0 N–H and O–H groups in total. The van der Waals surface area contributed by atoms with Crippen molar-refractivity contribution >= 4 is 5.91 Å². The van der Waals surface area contributed by atoms with Gasteiger partial charge < -0.3 is 9.80 Å². The number of benzene rings is 1. The van der Waals surface area contributed by atoms with Gasteiger partial charge in [-0.25, -0.2) is 0 Å². The van der Waals surface area contributed by atoms with Crippen LogP contribution in [0.4, 0.5) is 0 Å². The molecule has 4 heteroatoms. The summed E-state index contributed by atoms with van der Waals surface area (Å²) in [5.41, 5.74) is 2.53. The highest BCUT2D eigenvalue weighted by Gasteiger charge is 2.47. The Morgan fingerprint density at radius 1 is 1.04 bits per heavy atom. The van der Waals surface area contributed by atoms with Gasteiger partial charge in [0.05, 0.1) is 5.54 Å². The highest BCUT2D eigenvalue weighted by atomic mass is 16.2. The fourth-order valence-electron chi connectivity index (χ4n) is 4.56. The molecule has 0 bridgehead atoms. The van der Waals surface area contributed by atoms with Crippen molar-refractivity contribution in [3.05, 3.63) is 66.0 Å². The second kappa shape index (κ2) is 7.58. The zero-order chi connectivity index (χ0) is 17.8. The maximum absolute atomic E-state index is 12.6. The van der Waals surface area contributed by atoms with Gasteiger partial charge in [0.2, 0.25) is 5.91 Å². The van der Waals surface area contributed by atoms with Gasteiger partial charge in [-0.3, -0.25) is 9.78 Å². The fourth-order valence-corrected chi connectivity index (χ4v) is 4.56. The lowest BCUT2D eigenvalue weighted by molar-refractivity contribution is -0.133. The molecular formula is C22H27N3O. The van der Waals surface area contributed by atoms with Crippen LogP contribution in [0, 0.1) is 0 Å². The first-order valence-corrected chi connectivity index (χ1v) is 9.71. The van der Waals surface area contributed by atoms with Gasteiger partial charge in [0.15, 0.2) is 0 Å². The summed E-state index contributed by atoms with van der Waals surface area (Å²) in [6, 6.07) is 14.7. The SMILES string of the molecule is O=C1CCC2(CCCN(CCc3ccccc3)C2)N1Cc1cccnc1. The van der Waals surface area contributed by atoms with Gasteiger partial charge in [-0.1, -0.05) is 36.4 Å². The molecule has 0 saturated carbocycles. The Labute approximate surface area is 155 Å². The van der Waals surface area contributed by atoms with Crippen LogP contribution < -0.4 is 0 Å². The summed E-state index contributed by atoms with van der Waals surface area (Å²) in [7, 11) is 0. The van der Waals surface area contributed by atoms with Crippen LogP contribution in [0.25, 0.3) is 0 Å². The minimum absolute atomic E-state index is 0.0157. The molecule has 26 heavy (non-hydrogen) atoms. The summed E-state index contributed by atoms with van der Waals surface area (Å²) in [5, 5.41) is 0. The largest absolute Gasteiger partial charge is 0.331 e. The van der Waals surface area contributed by atoms with Gasteiger partial charge in [-0.2, -0.15) is 0 Å². The fraction of sp³-hybridized carbons (Fsp3) is 0.455. The number of hydrogen-bond donors (Lipinski definition) is 0. The van der Waals surface area contributed by atoms with Crippen LogP contribution in [0.1, 0.15) is 36.8 Å². The molecule has 0 radical (unpaired) electrons. The van der Waals surface area contributed by atoms with Gasteiger partial charge in [0.1, 0.15) is 0 Å². The van der Waals surface area contributed by atoms with Gasteiger partial charge in [-0.15, -0.1) is 0 Å². The second-order valence-corrected chi connectivity index (χ2v) is 7.68. The third kappa shape index (κ3) is 3.65. The predicted molar refractivity (Wildman–Crippen MR) is 103 cm³/mol. The van der Waals surface area contributed by atoms with E-state index >= 15 is 0 Å². The quantitative estimate of drug-likeness (QED) is 0.831. The molecule has 1 amide bonds. The molecule has 1 atom stereocenters. The van der Waals surface area contributed by atoms with Crippen molar-refractivity contribution in [2.45, 2.75) is 44.2 Å². The molecule has 136 valence electrons. The number of nitrogens with zero attached hydrogens (tertiary/aromatic N) is 3. The van der Waals surface area contributed by atoms with E-state index in [0.717, 1.165) is 44.5 Å². The van der Waals surface area contributed by atoms with Crippen LogP contribution >= 0.6 is 0 Å². The number of pyridine rings is 1. The lowest BCUT2D eigenvalue weighted by Crippen LogP contribution is -2.56. The van der Waals surface area contributed by atoms with E-state index in [1.54, 1.807) is 6.20 Å². The molecule has 0 aliphatic carbocycles. The summed E-state index contributed by atoms with van der Waals surface area (Å²) in [5.74, 6) is 0.304. The second-order valence-electron chi connectivity index (χ2n) is 7.68. The minimum atomic E-state index is 0.0157. The van der Waals surface area contributed by atoms with E-state index in [4.69, 9.17) is 0 Å². The number of amides is 1. The molecule has 4 nitrogen and oxygen atoms in total. The molecule has 1 aromatic heterocycles. The molecule has 4 rings (SSSR count). The summed E-state index contributed by atoms with van der Waals surface area (Å²) >= 11 is 0. The number of rotatable bonds is 5. The zero-order valence-electron chi connectivity index (χ0n) is 15.3. The third-order valence-electron chi connectivity index (χ3n) is 5.94. The van der Waals surface area contributed by atoms with E-state index in [0.29, 0.717) is 18.9 Å². The average molecular weight is 349 g/mol. The number of hydrogen-bond acceptors (Lipinski definition) is 3. The summed E-state index contributed by atoms with van der Waals surface area (Å²) in [4.78, 5) is 21.6. The van der Waals surface area contributed by atoms with Crippen molar-refractivity contribution in [1.82, 2.24) is 14.8 Å². The van der Waals surface area contributed by atoms with Crippen LogP contribution in [0.15, 0.2) is 54.9 Å². The van der Waals surface area contributed by atoms with Gasteiger partial charge in [0, 0.05) is 38.4 Å². The molecule has 3 heterocycles.